The zero-order valence-electron chi connectivity index (χ0n) is 9.00. The van der Waals surface area contributed by atoms with Gasteiger partial charge in [-0.25, -0.2) is 13.1 Å². The largest absolute Gasteiger partial charge is 0.481 e. The number of aliphatic carboxylic acids is 2. The zero-order chi connectivity index (χ0) is 12.9. The lowest BCUT2D eigenvalue weighted by Crippen LogP contribution is -2.43. The molecule has 0 aromatic heterocycles. The fourth-order valence-electron chi connectivity index (χ4n) is 1.06. The van der Waals surface area contributed by atoms with Gasteiger partial charge in [-0.1, -0.05) is 13.8 Å². The summed E-state index contributed by atoms with van der Waals surface area (Å²) in [6.45, 7) is 3.32. The summed E-state index contributed by atoms with van der Waals surface area (Å²) in [7, 11) is -3.76. The molecule has 0 fully saturated rings. The van der Waals surface area contributed by atoms with Crippen molar-refractivity contribution in [3.63, 3.8) is 0 Å². The van der Waals surface area contributed by atoms with Crippen LogP contribution in [0, 0.1) is 5.92 Å². The third-order valence-electron chi connectivity index (χ3n) is 1.55. The Morgan fingerprint density at radius 2 is 1.75 bits per heavy atom. The van der Waals surface area contributed by atoms with Gasteiger partial charge in [0.15, 0.2) is 0 Å². The Kier molecular flexibility index (Phi) is 5.39. The minimum Gasteiger partial charge on any atom is -0.481 e. The molecule has 0 heterocycles. The van der Waals surface area contributed by atoms with E-state index in [0.717, 1.165) is 0 Å². The zero-order valence-corrected chi connectivity index (χ0v) is 9.82. The summed E-state index contributed by atoms with van der Waals surface area (Å²) in [6.07, 6.45) is -0.785. The summed E-state index contributed by atoms with van der Waals surface area (Å²) in [5.74, 6) is -3.29. The molecule has 0 aliphatic rings. The van der Waals surface area contributed by atoms with Crippen LogP contribution in [0.3, 0.4) is 0 Å². The van der Waals surface area contributed by atoms with Gasteiger partial charge in [-0.2, -0.15) is 0 Å². The molecular formula is C8H15NO6S. The smallest absolute Gasteiger partial charge is 0.322 e. The molecule has 16 heavy (non-hydrogen) atoms. The van der Waals surface area contributed by atoms with Crippen molar-refractivity contribution >= 4 is 22.0 Å². The molecule has 0 aromatic carbocycles. The Morgan fingerprint density at radius 3 is 2.06 bits per heavy atom. The van der Waals surface area contributed by atoms with E-state index in [-0.39, 0.29) is 11.7 Å². The minimum absolute atomic E-state index is 0.170. The SMILES string of the molecule is CC(C)CS(=O)(=O)N[C@@H](CC(=O)O)C(=O)O. The Morgan fingerprint density at radius 1 is 1.25 bits per heavy atom. The summed E-state index contributed by atoms with van der Waals surface area (Å²) in [5.41, 5.74) is 0. The summed E-state index contributed by atoms with van der Waals surface area (Å²) < 4.78 is 24.6. The van der Waals surface area contributed by atoms with Gasteiger partial charge in [0.25, 0.3) is 0 Å². The predicted octanol–water partition coefficient (Wildman–Crippen LogP) is -0.510. The first-order valence-electron chi connectivity index (χ1n) is 4.58. The van der Waals surface area contributed by atoms with Crippen LogP contribution < -0.4 is 4.72 Å². The molecule has 0 spiro atoms. The van der Waals surface area contributed by atoms with Gasteiger partial charge in [-0.15, -0.1) is 0 Å². The molecule has 94 valence electrons. The first-order valence-corrected chi connectivity index (χ1v) is 6.24. The second-order valence-electron chi connectivity index (χ2n) is 3.78. The number of carboxylic acid groups (broad SMARTS) is 2. The molecule has 7 nitrogen and oxygen atoms in total. The van der Waals surface area contributed by atoms with Gasteiger partial charge >= 0.3 is 11.9 Å². The first-order chi connectivity index (χ1) is 7.14. The maximum atomic E-state index is 11.4. The number of sulfonamides is 1. The second kappa shape index (κ2) is 5.80. The first kappa shape index (κ1) is 14.8. The fourth-order valence-corrected chi connectivity index (χ4v) is 2.65. The van der Waals surface area contributed by atoms with E-state index in [1.54, 1.807) is 13.8 Å². The van der Waals surface area contributed by atoms with Crippen molar-refractivity contribution in [3.05, 3.63) is 0 Å². The van der Waals surface area contributed by atoms with Crippen molar-refractivity contribution in [1.29, 1.82) is 0 Å². The quantitative estimate of drug-likeness (QED) is 0.562. The van der Waals surface area contributed by atoms with Gasteiger partial charge < -0.3 is 10.2 Å². The highest BCUT2D eigenvalue weighted by atomic mass is 32.2. The van der Waals surface area contributed by atoms with Crippen molar-refractivity contribution in [2.75, 3.05) is 5.75 Å². The average Bonchev–Trinajstić information content (AvgIpc) is 1.98. The Balaban J connectivity index is 4.63. The number of hydrogen-bond acceptors (Lipinski definition) is 4. The molecule has 0 saturated carbocycles. The highest BCUT2D eigenvalue weighted by molar-refractivity contribution is 7.89. The molecule has 0 aliphatic heterocycles. The molecule has 0 amide bonds. The summed E-state index contributed by atoms with van der Waals surface area (Å²) in [6, 6.07) is -1.62. The third kappa shape index (κ3) is 6.36. The maximum Gasteiger partial charge on any atom is 0.322 e. The molecule has 3 N–H and O–H groups in total. The third-order valence-corrected chi connectivity index (χ3v) is 3.30. The second-order valence-corrected chi connectivity index (χ2v) is 5.58. The summed E-state index contributed by atoms with van der Waals surface area (Å²) in [5, 5.41) is 17.0. The van der Waals surface area contributed by atoms with E-state index < -0.39 is 34.4 Å². The van der Waals surface area contributed by atoms with E-state index in [1.807, 2.05) is 4.72 Å². The Labute approximate surface area is 93.5 Å². The van der Waals surface area contributed by atoms with Crippen molar-refractivity contribution in [2.24, 2.45) is 5.92 Å². The van der Waals surface area contributed by atoms with E-state index >= 15 is 0 Å². The molecule has 8 heteroatoms. The number of rotatable bonds is 7. The number of hydrogen-bond donors (Lipinski definition) is 3. The highest BCUT2D eigenvalue weighted by Gasteiger charge is 2.26. The standard InChI is InChI=1S/C8H15NO6S/c1-5(2)4-16(14,15)9-6(8(12)13)3-7(10)11/h5-6,9H,3-4H2,1-2H3,(H,10,11)(H,12,13)/t6-/m0/s1. The topological polar surface area (TPSA) is 121 Å². The highest BCUT2D eigenvalue weighted by Crippen LogP contribution is 2.01. The molecule has 0 rings (SSSR count). The van der Waals surface area contributed by atoms with Gasteiger partial charge in [0.05, 0.1) is 12.2 Å². The van der Waals surface area contributed by atoms with E-state index in [2.05, 4.69) is 0 Å². The summed E-state index contributed by atoms with van der Waals surface area (Å²) in [4.78, 5) is 20.9. The molecule has 0 saturated heterocycles. The molecule has 0 aliphatic carbocycles. The van der Waals surface area contributed by atoms with Crippen LogP contribution in [0.2, 0.25) is 0 Å². The van der Waals surface area contributed by atoms with Gasteiger partial charge in [0, 0.05) is 0 Å². The van der Waals surface area contributed by atoms with Crippen LogP contribution in [-0.4, -0.2) is 42.4 Å². The van der Waals surface area contributed by atoms with Crippen molar-refractivity contribution in [1.82, 2.24) is 4.72 Å². The lowest BCUT2D eigenvalue weighted by atomic mass is 10.2. The number of carbonyl (C=O) groups is 2. The molecule has 0 aromatic rings. The van der Waals surface area contributed by atoms with Crippen molar-refractivity contribution < 1.29 is 28.2 Å². The van der Waals surface area contributed by atoms with Crippen LogP contribution in [0.1, 0.15) is 20.3 Å². The van der Waals surface area contributed by atoms with E-state index in [0.29, 0.717) is 0 Å². The predicted molar refractivity (Wildman–Crippen MR) is 55.4 cm³/mol. The normalized spacial score (nSPS) is 13.7. The molecule has 0 bridgehead atoms. The van der Waals surface area contributed by atoms with Crippen LogP contribution in [-0.2, 0) is 19.6 Å². The lowest BCUT2D eigenvalue weighted by Gasteiger charge is -2.13. The monoisotopic (exact) mass is 253 g/mol. The number of carboxylic acids is 2. The number of nitrogens with one attached hydrogen (secondary N) is 1. The van der Waals surface area contributed by atoms with Gasteiger partial charge in [-0.3, -0.25) is 9.59 Å². The summed E-state index contributed by atoms with van der Waals surface area (Å²) >= 11 is 0. The molecule has 0 radical (unpaired) electrons. The Bertz CT molecular complexity index is 361. The fraction of sp³-hybridized carbons (Fsp3) is 0.750. The van der Waals surface area contributed by atoms with Crippen LogP contribution >= 0.6 is 0 Å². The Hall–Kier alpha value is -1.15. The van der Waals surface area contributed by atoms with Crippen molar-refractivity contribution in [2.45, 2.75) is 26.3 Å². The van der Waals surface area contributed by atoms with Crippen LogP contribution in [0.25, 0.3) is 0 Å². The van der Waals surface area contributed by atoms with Gasteiger partial charge in [0.2, 0.25) is 10.0 Å². The van der Waals surface area contributed by atoms with Gasteiger partial charge in [-0.05, 0) is 5.92 Å². The molecule has 1 atom stereocenters. The van der Waals surface area contributed by atoms with E-state index in [9.17, 15) is 18.0 Å². The van der Waals surface area contributed by atoms with E-state index in [1.165, 1.54) is 0 Å². The van der Waals surface area contributed by atoms with E-state index in [4.69, 9.17) is 10.2 Å². The minimum atomic E-state index is -3.76. The van der Waals surface area contributed by atoms with Crippen LogP contribution in [0.15, 0.2) is 0 Å². The molecular weight excluding hydrogens is 238 g/mol. The average molecular weight is 253 g/mol. The van der Waals surface area contributed by atoms with Crippen LogP contribution in [0.4, 0.5) is 0 Å². The maximum absolute atomic E-state index is 11.4. The molecule has 0 unspecified atom stereocenters. The lowest BCUT2D eigenvalue weighted by molar-refractivity contribution is -0.145. The van der Waals surface area contributed by atoms with Crippen molar-refractivity contribution in [3.8, 4) is 0 Å². The van der Waals surface area contributed by atoms with Crippen LogP contribution in [0.5, 0.6) is 0 Å². The van der Waals surface area contributed by atoms with Gasteiger partial charge in [0.1, 0.15) is 6.04 Å².